The summed E-state index contributed by atoms with van der Waals surface area (Å²) in [6.07, 6.45) is 5.38. The van der Waals surface area contributed by atoms with Crippen molar-refractivity contribution in [1.82, 2.24) is 0 Å². The molecule has 1 aromatic rings. The lowest BCUT2D eigenvalue weighted by Crippen LogP contribution is -1.90. The van der Waals surface area contributed by atoms with E-state index in [0.29, 0.717) is 17.0 Å². The van der Waals surface area contributed by atoms with E-state index in [0.717, 1.165) is 0 Å². The molecule has 0 aliphatic heterocycles. The number of nitro benzene ring substituents is 1. The number of rotatable bonds is 2. The first-order chi connectivity index (χ1) is 6.15. The molecule has 0 atom stereocenters. The quantitative estimate of drug-likeness (QED) is 0.413. The Hall–Kier alpha value is -1.53. The van der Waals surface area contributed by atoms with Crippen LogP contribution in [-0.4, -0.2) is 4.92 Å². The van der Waals surface area contributed by atoms with Gasteiger partial charge in [0, 0.05) is 23.6 Å². The minimum Gasteiger partial charge on any atom is -0.258 e. The molecule has 0 aromatic heterocycles. The Balaban J connectivity index is 3.12. The smallest absolute Gasteiger partial charge is 0.258 e. The van der Waals surface area contributed by atoms with Gasteiger partial charge in [-0.2, -0.15) is 0 Å². The van der Waals surface area contributed by atoms with Gasteiger partial charge in [0.05, 0.1) is 4.92 Å². The summed E-state index contributed by atoms with van der Waals surface area (Å²) in [5, 5.41) is 10.8. The molecule has 3 nitrogen and oxygen atoms in total. The summed E-state index contributed by atoms with van der Waals surface area (Å²) in [4.78, 5) is 9.90. The van der Waals surface area contributed by atoms with Crippen molar-refractivity contribution in [3.8, 4) is 12.3 Å². The summed E-state index contributed by atoms with van der Waals surface area (Å²) in [5.74, 6) is 2.38. The first-order valence-corrected chi connectivity index (χ1v) is 3.89. The molecule has 4 heteroatoms. The lowest BCUT2D eigenvalue weighted by Gasteiger charge is -1.98. The molecule has 13 heavy (non-hydrogen) atoms. The zero-order chi connectivity index (χ0) is 9.84. The predicted molar refractivity (Wildman–Crippen MR) is 50.6 cm³/mol. The van der Waals surface area contributed by atoms with Crippen LogP contribution in [0.1, 0.15) is 5.56 Å². The number of hydrogen-bond donors (Lipinski definition) is 0. The van der Waals surface area contributed by atoms with Gasteiger partial charge in [-0.1, -0.05) is 11.6 Å². The summed E-state index contributed by atoms with van der Waals surface area (Å²) in [6, 6.07) is 4.22. The number of benzene rings is 1. The second kappa shape index (κ2) is 3.92. The summed E-state index contributed by atoms with van der Waals surface area (Å²) in [7, 11) is 0. The lowest BCUT2D eigenvalue weighted by molar-refractivity contribution is -0.384. The Morgan fingerprint density at radius 1 is 1.62 bits per heavy atom. The van der Waals surface area contributed by atoms with Crippen molar-refractivity contribution in [1.29, 1.82) is 0 Å². The monoisotopic (exact) mass is 195 g/mol. The molecule has 0 N–H and O–H groups in total. The summed E-state index contributed by atoms with van der Waals surface area (Å²) in [5.41, 5.74) is 0.619. The Morgan fingerprint density at radius 2 is 2.31 bits per heavy atom. The minimum absolute atomic E-state index is 0.00894. The van der Waals surface area contributed by atoms with E-state index in [1.807, 2.05) is 0 Å². The molecule has 0 fully saturated rings. The van der Waals surface area contributed by atoms with Gasteiger partial charge in [-0.05, 0) is 11.6 Å². The van der Waals surface area contributed by atoms with Crippen LogP contribution in [0.3, 0.4) is 0 Å². The molecule has 0 heterocycles. The van der Waals surface area contributed by atoms with Crippen LogP contribution in [0.4, 0.5) is 5.69 Å². The van der Waals surface area contributed by atoms with E-state index in [-0.39, 0.29) is 5.69 Å². The third-order valence-electron chi connectivity index (χ3n) is 1.53. The van der Waals surface area contributed by atoms with E-state index in [1.165, 1.54) is 18.2 Å². The van der Waals surface area contributed by atoms with Crippen molar-refractivity contribution in [2.45, 2.75) is 6.42 Å². The molecule has 1 rings (SSSR count). The van der Waals surface area contributed by atoms with Gasteiger partial charge < -0.3 is 0 Å². The van der Waals surface area contributed by atoms with Crippen LogP contribution in [0.25, 0.3) is 0 Å². The zero-order valence-electron chi connectivity index (χ0n) is 6.66. The van der Waals surface area contributed by atoms with Crippen molar-refractivity contribution >= 4 is 17.3 Å². The van der Waals surface area contributed by atoms with Gasteiger partial charge in [-0.3, -0.25) is 10.1 Å². The predicted octanol–water partition coefficient (Wildman–Crippen LogP) is 2.42. The highest BCUT2D eigenvalue weighted by atomic mass is 35.5. The van der Waals surface area contributed by atoms with Crippen molar-refractivity contribution < 1.29 is 4.92 Å². The maximum absolute atomic E-state index is 10.4. The van der Waals surface area contributed by atoms with Crippen LogP contribution in [0.2, 0.25) is 5.02 Å². The zero-order valence-corrected chi connectivity index (χ0v) is 7.41. The number of nitrogens with zero attached hydrogens (tertiary/aromatic N) is 1. The van der Waals surface area contributed by atoms with E-state index < -0.39 is 4.92 Å². The lowest BCUT2D eigenvalue weighted by atomic mass is 10.1. The summed E-state index contributed by atoms with van der Waals surface area (Å²) < 4.78 is 0. The van der Waals surface area contributed by atoms with E-state index in [2.05, 4.69) is 5.92 Å². The van der Waals surface area contributed by atoms with E-state index in [1.54, 1.807) is 0 Å². The average molecular weight is 196 g/mol. The highest BCUT2D eigenvalue weighted by Crippen LogP contribution is 2.21. The van der Waals surface area contributed by atoms with Crippen LogP contribution >= 0.6 is 11.6 Å². The number of halogens is 1. The molecule has 0 spiro atoms. The van der Waals surface area contributed by atoms with E-state index >= 15 is 0 Å². The fourth-order valence-corrected chi connectivity index (χ4v) is 1.10. The Morgan fingerprint density at radius 3 is 2.85 bits per heavy atom. The number of nitro groups is 1. The highest BCUT2D eigenvalue weighted by molar-refractivity contribution is 6.31. The first kappa shape index (κ1) is 9.56. The van der Waals surface area contributed by atoms with Crippen LogP contribution in [0, 0.1) is 22.5 Å². The van der Waals surface area contributed by atoms with Crippen LogP contribution in [0.15, 0.2) is 18.2 Å². The molecule has 66 valence electrons. The summed E-state index contributed by atoms with van der Waals surface area (Å²) in [6.45, 7) is 0. The molecular formula is C9H6ClNO2. The third-order valence-corrected chi connectivity index (χ3v) is 1.90. The van der Waals surface area contributed by atoms with E-state index in [4.69, 9.17) is 18.0 Å². The van der Waals surface area contributed by atoms with Crippen molar-refractivity contribution in [2.24, 2.45) is 0 Å². The Labute approximate surface area is 80.5 Å². The molecule has 0 radical (unpaired) electrons. The fraction of sp³-hybridized carbons (Fsp3) is 0.111. The fourth-order valence-electron chi connectivity index (χ4n) is 0.920. The highest BCUT2D eigenvalue weighted by Gasteiger charge is 2.08. The van der Waals surface area contributed by atoms with Crippen LogP contribution in [-0.2, 0) is 6.42 Å². The normalized spacial score (nSPS) is 9.23. The van der Waals surface area contributed by atoms with Gasteiger partial charge in [0.25, 0.3) is 5.69 Å². The van der Waals surface area contributed by atoms with Crippen molar-refractivity contribution in [2.75, 3.05) is 0 Å². The molecular weight excluding hydrogens is 190 g/mol. The Bertz CT molecular complexity index is 382. The second-order valence-corrected chi connectivity index (χ2v) is 2.82. The topological polar surface area (TPSA) is 43.1 Å². The number of hydrogen-bond acceptors (Lipinski definition) is 2. The average Bonchev–Trinajstić information content (AvgIpc) is 2.08. The van der Waals surface area contributed by atoms with Gasteiger partial charge in [-0.15, -0.1) is 12.3 Å². The molecule has 0 aliphatic carbocycles. The molecule has 0 saturated heterocycles. The first-order valence-electron chi connectivity index (χ1n) is 3.51. The second-order valence-electron chi connectivity index (χ2n) is 2.41. The van der Waals surface area contributed by atoms with Gasteiger partial charge in [0.15, 0.2) is 0 Å². The van der Waals surface area contributed by atoms with Crippen LogP contribution < -0.4 is 0 Å². The molecule has 0 bridgehead atoms. The van der Waals surface area contributed by atoms with Gasteiger partial charge in [0.1, 0.15) is 0 Å². The Kier molecular flexibility index (Phi) is 2.88. The van der Waals surface area contributed by atoms with Crippen LogP contribution in [0.5, 0.6) is 0 Å². The van der Waals surface area contributed by atoms with Crippen molar-refractivity contribution in [3.05, 3.63) is 38.9 Å². The maximum atomic E-state index is 10.4. The largest absolute Gasteiger partial charge is 0.269 e. The van der Waals surface area contributed by atoms with E-state index in [9.17, 15) is 10.1 Å². The molecule has 0 saturated carbocycles. The SMILES string of the molecule is C#CCc1cc([N+](=O)[O-])ccc1Cl. The van der Waals surface area contributed by atoms with Gasteiger partial charge in [0.2, 0.25) is 0 Å². The van der Waals surface area contributed by atoms with Crippen molar-refractivity contribution in [3.63, 3.8) is 0 Å². The standard InChI is InChI=1S/C9H6ClNO2/c1-2-3-7-6-8(11(12)13)4-5-9(7)10/h1,4-6H,3H2. The maximum Gasteiger partial charge on any atom is 0.269 e. The molecule has 0 amide bonds. The summed E-state index contributed by atoms with van der Waals surface area (Å²) >= 11 is 5.76. The minimum atomic E-state index is -0.476. The molecule has 0 unspecified atom stereocenters. The molecule has 0 aliphatic rings. The van der Waals surface area contributed by atoms with Gasteiger partial charge in [-0.25, -0.2) is 0 Å². The number of non-ortho nitro benzene ring substituents is 1. The van der Waals surface area contributed by atoms with Gasteiger partial charge >= 0.3 is 0 Å². The number of terminal acetylenes is 1. The molecule has 1 aromatic carbocycles. The third kappa shape index (κ3) is 2.20.